The number of benzene rings is 3. The van der Waals surface area contributed by atoms with E-state index in [0.717, 1.165) is 0 Å². The van der Waals surface area contributed by atoms with E-state index in [2.05, 4.69) is 0 Å². The Morgan fingerprint density at radius 3 is 2.26 bits per heavy atom. The molecule has 0 bridgehead atoms. The Morgan fingerprint density at radius 2 is 1.62 bits per heavy atom. The zero-order chi connectivity index (χ0) is 24.2. The Labute approximate surface area is 196 Å². The minimum atomic E-state index is -0.505. The van der Waals surface area contributed by atoms with Gasteiger partial charge >= 0.3 is 5.97 Å². The second-order valence-corrected chi connectivity index (χ2v) is 7.65. The number of aryl methyl sites for hydroxylation is 1. The molecule has 0 radical (unpaired) electrons. The van der Waals surface area contributed by atoms with Crippen molar-refractivity contribution in [3.05, 3.63) is 83.2 Å². The van der Waals surface area contributed by atoms with Crippen molar-refractivity contribution >= 4 is 16.9 Å². The highest BCUT2D eigenvalue weighted by molar-refractivity contribution is 6.04. The van der Waals surface area contributed by atoms with Gasteiger partial charge in [-0.2, -0.15) is 0 Å². The zero-order valence-corrected chi connectivity index (χ0v) is 19.3. The summed E-state index contributed by atoms with van der Waals surface area (Å²) >= 11 is 0. The summed E-state index contributed by atoms with van der Waals surface area (Å²) in [6, 6.07) is 17.2. The molecule has 0 aliphatic carbocycles. The van der Waals surface area contributed by atoms with Gasteiger partial charge in [-0.15, -0.1) is 0 Å². The Balaban J connectivity index is 1.75. The molecular weight excluding hydrogens is 437 g/mol. The van der Waals surface area contributed by atoms with Crippen molar-refractivity contribution in [2.24, 2.45) is 0 Å². The fraction of sp³-hybridized carbons (Fsp3) is 0.185. The van der Waals surface area contributed by atoms with Crippen molar-refractivity contribution in [3.8, 4) is 28.5 Å². The molecule has 0 saturated heterocycles. The molecule has 0 aliphatic rings. The summed E-state index contributed by atoms with van der Waals surface area (Å²) in [5, 5.41) is 0.666. The highest BCUT2D eigenvalue weighted by Crippen LogP contribution is 2.41. The minimum absolute atomic E-state index is 0.0239. The smallest absolute Gasteiger partial charge is 0.339 e. The predicted molar refractivity (Wildman–Crippen MR) is 127 cm³/mol. The van der Waals surface area contributed by atoms with Gasteiger partial charge in [0.05, 0.1) is 38.1 Å². The predicted octanol–water partition coefficient (Wildman–Crippen LogP) is 5.73. The number of rotatable bonds is 7. The summed E-state index contributed by atoms with van der Waals surface area (Å²) < 4.78 is 35.5. The molecule has 6 nitrogen and oxygen atoms in total. The number of carbonyl (C=O) groups excluding carboxylic acids is 1. The molecule has 34 heavy (non-hydrogen) atoms. The zero-order valence-electron chi connectivity index (χ0n) is 19.3. The number of nitrogens with zero attached hydrogens (tertiary/aromatic N) is 1. The molecule has 3 aromatic carbocycles. The van der Waals surface area contributed by atoms with Crippen molar-refractivity contribution in [1.82, 2.24) is 4.98 Å². The number of hydrogen-bond acceptors (Lipinski definition) is 6. The second-order valence-electron chi connectivity index (χ2n) is 7.65. The first-order valence-corrected chi connectivity index (χ1v) is 10.6. The topological polar surface area (TPSA) is 66.9 Å². The summed E-state index contributed by atoms with van der Waals surface area (Å²) in [5.41, 5.74) is 3.43. The number of methoxy groups -OCH3 is 3. The lowest BCUT2D eigenvalue weighted by molar-refractivity contribution is 0.0475. The summed E-state index contributed by atoms with van der Waals surface area (Å²) in [4.78, 5) is 17.9. The van der Waals surface area contributed by atoms with Crippen molar-refractivity contribution in [1.29, 1.82) is 0 Å². The molecule has 1 heterocycles. The lowest BCUT2D eigenvalue weighted by Crippen LogP contribution is -2.07. The number of aromatic nitrogens is 1. The van der Waals surface area contributed by atoms with Crippen LogP contribution < -0.4 is 14.2 Å². The molecule has 4 aromatic rings. The van der Waals surface area contributed by atoms with Crippen LogP contribution in [0.2, 0.25) is 0 Å². The molecule has 174 valence electrons. The van der Waals surface area contributed by atoms with E-state index in [0.29, 0.717) is 56.1 Å². The van der Waals surface area contributed by atoms with Gasteiger partial charge in [0.2, 0.25) is 5.75 Å². The average Bonchev–Trinajstić information content (AvgIpc) is 2.87. The van der Waals surface area contributed by atoms with Crippen LogP contribution in [0, 0.1) is 12.7 Å². The fourth-order valence-corrected chi connectivity index (χ4v) is 3.74. The van der Waals surface area contributed by atoms with Crippen LogP contribution in [0.1, 0.15) is 21.5 Å². The second kappa shape index (κ2) is 9.79. The van der Waals surface area contributed by atoms with Crippen molar-refractivity contribution in [2.45, 2.75) is 13.5 Å². The molecule has 0 unspecified atom stereocenters. The Morgan fingerprint density at radius 1 is 0.912 bits per heavy atom. The maximum Gasteiger partial charge on any atom is 0.339 e. The lowest BCUT2D eigenvalue weighted by Gasteiger charge is -2.15. The third kappa shape index (κ3) is 4.50. The standard InChI is InChI=1S/C27H24FNO5/c1-16-11-17(9-10-21(16)28)15-34-27(30)20-14-23(29-22-8-6-5-7-19(20)22)18-12-24(31-2)26(33-4)25(13-18)32-3/h5-14H,15H2,1-4H3. The van der Waals surface area contributed by atoms with Crippen LogP contribution in [-0.4, -0.2) is 32.3 Å². The number of pyridine rings is 1. The third-order valence-corrected chi connectivity index (χ3v) is 5.49. The summed E-state index contributed by atoms with van der Waals surface area (Å²) in [7, 11) is 4.61. The van der Waals surface area contributed by atoms with Crippen LogP contribution in [0.3, 0.4) is 0 Å². The third-order valence-electron chi connectivity index (χ3n) is 5.49. The highest BCUT2D eigenvalue weighted by Gasteiger charge is 2.19. The Kier molecular flexibility index (Phi) is 6.63. The highest BCUT2D eigenvalue weighted by atomic mass is 19.1. The van der Waals surface area contributed by atoms with Gasteiger partial charge in [-0.05, 0) is 54.4 Å². The van der Waals surface area contributed by atoms with Gasteiger partial charge < -0.3 is 18.9 Å². The van der Waals surface area contributed by atoms with Crippen LogP contribution in [0.4, 0.5) is 4.39 Å². The number of halogens is 1. The molecule has 1 aromatic heterocycles. The Bertz CT molecular complexity index is 1340. The molecule has 0 atom stereocenters. The van der Waals surface area contributed by atoms with Crippen molar-refractivity contribution in [3.63, 3.8) is 0 Å². The van der Waals surface area contributed by atoms with E-state index in [1.807, 2.05) is 24.3 Å². The van der Waals surface area contributed by atoms with Gasteiger partial charge in [-0.1, -0.05) is 24.3 Å². The van der Waals surface area contributed by atoms with E-state index in [4.69, 9.17) is 23.9 Å². The first-order chi connectivity index (χ1) is 16.4. The van der Waals surface area contributed by atoms with Crippen LogP contribution in [0.25, 0.3) is 22.2 Å². The largest absolute Gasteiger partial charge is 0.493 e. The first kappa shape index (κ1) is 23.0. The molecule has 0 aliphatic heterocycles. The van der Waals surface area contributed by atoms with Crippen molar-refractivity contribution < 1.29 is 28.1 Å². The summed E-state index contributed by atoms with van der Waals surface area (Å²) in [6.07, 6.45) is 0. The molecule has 7 heteroatoms. The maximum absolute atomic E-state index is 13.6. The number of para-hydroxylation sites is 1. The van der Waals surface area contributed by atoms with Gasteiger partial charge in [-0.3, -0.25) is 0 Å². The summed E-state index contributed by atoms with van der Waals surface area (Å²) in [5.74, 6) is 0.605. The summed E-state index contributed by atoms with van der Waals surface area (Å²) in [6.45, 7) is 1.69. The number of fused-ring (bicyclic) bond motifs is 1. The van der Waals surface area contributed by atoms with E-state index in [9.17, 15) is 9.18 Å². The molecule has 4 rings (SSSR count). The van der Waals surface area contributed by atoms with Gasteiger partial charge in [0.1, 0.15) is 12.4 Å². The monoisotopic (exact) mass is 461 g/mol. The molecule has 0 fully saturated rings. The van der Waals surface area contributed by atoms with Gasteiger partial charge in [0, 0.05) is 10.9 Å². The average molecular weight is 461 g/mol. The minimum Gasteiger partial charge on any atom is -0.493 e. The van der Waals surface area contributed by atoms with Gasteiger partial charge in [-0.25, -0.2) is 14.2 Å². The number of esters is 1. The molecule has 0 spiro atoms. The van der Waals surface area contributed by atoms with E-state index in [1.54, 1.807) is 37.3 Å². The van der Waals surface area contributed by atoms with Crippen molar-refractivity contribution in [2.75, 3.05) is 21.3 Å². The first-order valence-electron chi connectivity index (χ1n) is 10.6. The fourth-order valence-electron chi connectivity index (χ4n) is 3.74. The van der Waals surface area contributed by atoms with Crippen LogP contribution in [0.15, 0.2) is 60.7 Å². The van der Waals surface area contributed by atoms with Crippen LogP contribution >= 0.6 is 0 Å². The Hall–Kier alpha value is -4.13. The number of carbonyl (C=O) groups is 1. The van der Waals surface area contributed by atoms with Crippen LogP contribution in [-0.2, 0) is 11.3 Å². The SMILES string of the molecule is COc1cc(-c2cc(C(=O)OCc3ccc(F)c(C)c3)c3ccccc3n2)cc(OC)c1OC. The number of hydrogen-bond donors (Lipinski definition) is 0. The molecule has 0 amide bonds. The van der Waals surface area contributed by atoms with E-state index >= 15 is 0 Å². The van der Waals surface area contributed by atoms with E-state index < -0.39 is 5.97 Å². The normalized spacial score (nSPS) is 10.7. The van der Waals surface area contributed by atoms with E-state index in [1.165, 1.54) is 27.4 Å². The lowest BCUT2D eigenvalue weighted by atomic mass is 10.0. The quantitative estimate of drug-likeness (QED) is 0.327. The number of ether oxygens (including phenoxy) is 4. The van der Waals surface area contributed by atoms with Gasteiger partial charge in [0.25, 0.3) is 0 Å². The molecular formula is C27H24FNO5. The maximum atomic E-state index is 13.6. The van der Waals surface area contributed by atoms with Crippen LogP contribution in [0.5, 0.6) is 17.2 Å². The van der Waals surface area contributed by atoms with E-state index in [-0.39, 0.29) is 12.4 Å². The van der Waals surface area contributed by atoms with Gasteiger partial charge in [0.15, 0.2) is 11.5 Å². The molecule has 0 saturated carbocycles. The molecule has 0 N–H and O–H groups in total.